The van der Waals surface area contributed by atoms with E-state index in [4.69, 9.17) is 14.2 Å². The molecule has 0 aliphatic heterocycles. The SMILES string of the molecule is CC/C=C\C/C=C\C/C=C\C/C=C\C/C=C\C/C=C\C/C=C\CCCCCCCCCC(=O)OCC(COC(=O)CCCCCCCCC/C=C\C/C=C\C/C=C\CC)OC(=O)CCCCCCCCC/C=C\C/C=C\C/C=C\CC. The van der Waals surface area contributed by atoms with Crippen LogP contribution in [0.2, 0.25) is 0 Å². The fraction of sp³-hybridized carbons (Fsp3) is 0.613. The zero-order valence-electron chi connectivity index (χ0n) is 52.2. The van der Waals surface area contributed by atoms with E-state index in [1.807, 2.05) is 0 Å². The molecule has 0 aliphatic carbocycles. The molecule has 6 heteroatoms. The fourth-order valence-corrected chi connectivity index (χ4v) is 8.69. The summed E-state index contributed by atoms with van der Waals surface area (Å²) in [5.74, 6) is -0.927. The molecule has 0 aromatic carbocycles. The van der Waals surface area contributed by atoms with Gasteiger partial charge in [0, 0.05) is 19.3 Å². The van der Waals surface area contributed by atoms with Crippen molar-refractivity contribution < 1.29 is 28.6 Å². The topological polar surface area (TPSA) is 78.9 Å². The monoisotopic (exact) mass is 1120 g/mol. The molecule has 0 aromatic rings. The third-order valence-electron chi connectivity index (χ3n) is 13.5. The molecule has 0 saturated heterocycles. The van der Waals surface area contributed by atoms with Gasteiger partial charge in [0.2, 0.25) is 0 Å². The molecule has 0 N–H and O–H groups in total. The van der Waals surface area contributed by atoms with E-state index in [0.717, 1.165) is 161 Å². The summed E-state index contributed by atoms with van der Waals surface area (Å²) in [4.78, 5) is 38.4. The van der Waals surface area contributed by atoms with Gasteiger partial charge in [-0.2, -0.15) is 0 Å². The summed E-state index contributed by atoms with van der Waals surface area (Å²) in [5.41, 5.74) is 0. The molecule has 0 radical (unpaired) electrons. The minimum Gasteiger partial charge on any atom is -0.462 e. The second-order valence-electron chi connectivity index (χ2n) is 21.2. The maximum Gasteiger partial charge on any atom is 0.306 e. The second kappa shape index (κ2) is 67.5. The van der Waals surface area contributed by atoms with E-state index in [1.54, 1.807) is 0 Å². The lowest BCUT2D eigenvalue weighted by molar-refractivity contribution is -0.167. The third kappa shape index (κ3) is 65.7. The predicted molar refractivity (Wildman–Crippen MR) is 352 cm³/mol. The van der Waals surface area contributed by atoms with Crippen LogP contribution in [0.15, 0.2) is 158 Å². The van der Waals surface area contributed by atoms with Crippen molar-refractivity contribution in [2.75, 3.05) is 13.2 Å². The lowest BCUT2D eigenvalue weighted by Gasteiger charge is -2.18. The number of allylic oxidation sites excluding steroid dienone is 26. The van der Waals surface area contributed by atoms with Gasteiger partial charge in [0.15, 0.2) is 6.10 Å². The number of hydrogen-bond acceptors (Lipinski definition) is 6. The van der Waals surface area contributed by atoms with Crippen molar-refractivity contribution in [3.63, 3.8) is 0 Å². The summed E-state index contributed by atoms with van der Waals surface area (Å²) in [5, 5.41) is 0. The van der Waals surface area contributed by atoms with Gasteiger partial charge in [-0.1, -0.05) is 275 Å². The molecule has 0 spiro atoms. The number of hydrogen-bond donors (Lipinski definition) is 0. The molecule has 0 saturated carbocycles. The Morgan fingerprint density at radius 1 is 0.247 bits per heavy atom. The maximum absolute atomic E-state index is 12.9. The van der Waals surface area contributed by atoms with E-state index >= 15 is 0 Å². The van der Waals surface area contributed by atoms with E-state index in [9.17, 15) is 14.4 Å². The van der Waals surface area contributed by atoms with Crippen LogP contribution < -0.4 is 0 Å². The average molecular weight is 1120 g/mol. The van der Waals surface area contributed by atoms with E-state index in [1.165, 1.54) is 77.0 Å². The van der Waals surface area contributed by atoms with Gasteiger partial charge in [-0.05, 0) is 141 Å². The summed E-state index contributed by atoms with van der Waals surface area (Å²) < 4.78 is 16.9. The van der Waals surface area contributed by atoms with Gasteiger partial charge in [0.05, 0.1) is 0 Å². The van der Waals surface area contributed by atoms with Crippen LogP contribution in [0.4, 0.5) is 0 Å². The van der Waals surface area contributed by atoms with E-state index in [0.29, 0.717) is 19.3 Å². The highest BCUT2D eigenvalue weighted by Crippen LogP contribution is 2.15. The smallest absolute Gasteiger partial charge is 0.306 e. The standard InChI is InChI=1S/C75H120O6/c1-4-7-10-13-16-19-22-25-28-31-32-33-34-35-36-37-38-39-40-41-42-45-47-50-53-56-59-62-65-68-74(77)80-71-72(81-75(78)69-66-63-60-57-54-51-48-44-30-27-24-21-18-15-12-9-6-3)70-79-73(76)67-64-61-58-55-52-49-46-43-29-26-23-20-17-14-11-8-5-2/h7-12,16-21,25-30,32-33,35-36,38-39,41-42,72H,4-6,13-15,22-24,31,34,37,40,43-71H2,1-3H3/b10-7-,11-8-,12-9-,19-16-,20-17-,21-18-,28-25-,29-26-,30-27-,33-32-,36-35-,39-38-,42-41-. The first-order valence-electron chi connectivity index (χ1n) is 33.0. The summed E-state index contributed by atoms with van der Waals surface area (Å²) in [7, 11) is 0. The summed E-state index contributed by atoms with van der Waals surface area (Å²) in [6.07, 6.45) is 98.2. The number of ether oxygens (including phenoxy) is 3. The number of esters is 3. The zero-order valence-corrected chi connectivity index (χ0v) is 52.2. The van der Waals surface area contributed by atoms with Crippen LogP contribution in [-0.2, 0) is 28.6 Å². The third-order valence-corrected chi connectivity index (χ3v) is 13.5. The largest absolute Gasteiger partial charge is 0.462 e. The molecule has 1 unspecified atom stereocenters. The van der Waals surface area contributed by atoms with Crippen LogP contribution in [0, 0.1) is 0 Å². The van der Waals surface area contributed by atoms with Crippen LogP contribution in [-0.4, -0.2) is 37.2 Å². The molecule has 0 heterocycles. The van der Waals surface area contributed by atoms with Crippen molar-refractivity contribution in [2.24, 2.45) is 0 Å². The molecule has 0 aliphatic rings. The van der Waals surface area contributed by atoms with Gasteiger partial charge in [-0.3, -0.25) is 14.4 Å². The van der Waals surface area contributed by atoms with Gasteiger partial charge in [0.25, 0.3) is 0 Å². The van der Waals surface area contributed by atoms with E-state index in [-0.39, 0.29) is 31.1 Å². The molecular formula is C75H120O6. The molecule has 0 amide bonds. The Kier molecular flexibility index (Phi) is 63.4. The van der Waals surface area contributed by atoms with E-state index < -0.39 is 6.10 Å². The van der Waals surface area contributed by atoms with Crippen LogP contribution in [0.1, 0.15) is 278 Å². The quantitative estimate of drug-likeness (QED) is 0.0261. The van der Waals surface area contributed by atoms with Gasteiger partial charge < -0.3 is 14.2 Å². The number of carbonyl (C=O) groups excluding carboxylic acids is 3. The van der Waals surface area contributed by atoms with Crippen LogP contribution in [0.5, 0.6) is 0 Å². The molecule has 0 fully saturated rings. The van der Waals surface area contributed by atoms with Crippen molar-refractivity contribution in [2.45, 2.75) is 284 Å². The molecule has 456 valence electrons. The average Bonchev–Trinajstić information content (AvgIpc) is 3.47. The van der Waals surface area contributed by atoms with Crippen LogP contribution >= 0.6 is 0 Å². The van der Waals surface area contributed by atoms with Gasteiger partial charge in [0.1, 0.15) is 13.2 Å². The molecule has 6 nitrogen and oxygen atoms in total. The van der Waals surface area contributed by atoms with Gasteiger partial charge >= 0.3 is 17.9 Å². The van der Waals surface area contributed by atoms with Crippen molar-refractivity contribution >= 4 is 17.9 Å². The second-order valence-corrected chi connectivity index (χ2v) is 21.2. The van der Waals surface area contributed by atoms with Gasteiger partial charge in [-0.15, -0.1) is 0 Å². The first kappa shape index (κ1) is 76.0. The number of unbranched alkanes of at least 4 members (excludes halogenated alkanes) is 21. The molecule has 0 aromatic heterocycles. The van der Waals surface area contributed by atoms with E-state index in [2.05, 4.69) is 179 Å². The lowest BCUT2D eigenvalue weighted by Crippen LogP contribution is -2.30. The van der Waals surface area contributed by atoms with Crippen molar-refractivity contribution in [1.29, 1.82) is 0 Å². The van der Waals surface area contributed by atoms with Crippen molar-refractivity contribution in [3.05, 3.63) is 158 Å². The highest BCUT2D eigenvalue weighted by atomic mass is 16.6. The minimum absolute atomic E-state index is 0.0965. The first-order chi connectivity index (χ1) is 40.0. The Balaban J connectivity index is 4.41. The van der Waals surface area contributed by atoms with Crippen LogP contribution in [0.3, 0.4) is 0 Å². The molecule has 0 rings (SSSR count). The number of rotatable bonds is 58. The van der Waals surface area contributed by atoms with Crippen molar-refractivity contribution in [3.8, 4) is 0 Å². The zero-order chi connectivity index (χ0) is 58.5. The molecular weight excluding hydrogens is 997 g/mol. The summed E-state index contributed by atoms with van der Waals surface area (Å²) in [6, 6.07) is 0. The highest BCUT2D eigenvalue weighted by molar-refractivity contribution is 5.71. The highest BCUT2D eigenvalue weighted by Gasteiger charge is 2.19. The lowest BCUT2D eigenvalue weighted by atomic mass is 10.1. The summed E-state index contributed by atoms with van der Waals surface area (Å²) in [6.45, 7) is 6.28. The minimum atomic E-state index is -0.802. The van der Waals surface area contributed by atoms with Crippen LogP contribution in [0.25, 0.3) is 0 Å². The Morgan fingerprint density at radius 2 is 0.444 bits per heavy atom. The molecule has 1 atom stereocenters. The molecule has 81 heavy (non-hydrogen) atoms. The Hall–Kier alpha value is -4.97. The molecule has 0 bridgehead atoms. The van der Waals surface area contributed by atoms with Gasteiger partial charge in [-0.25, -0.2) is 0 Å². The predicted octanol–water partition coefficient (Wildman–Crippen LogP) is 22.9. The maximum atomic E-state index is 12.9. The first-order valence-corrected chi connectivity index (χ1v) is 33.0. The Bertz CT molecular complexity index is 1810. The summed E-state index contributed by atoms with van der Waals surface area (Å²) >= 11 is 0. The normalized spacial score (nSPS) is 13.2. The van der Waals surface area contributed by atoms with Crippen molar-refractivity contribution in [1.82, 2.24) is 0 Å². The number of carbonyl (C=O) groups is 3. The Labute approximate surface area is 499 Å². The fourth-order valence-electron chi connectivity index (χ4n) is 8.69. The Morgan fingerprint density at radius 3 is 0.691 bits per heavy atom.